The van der Waals surface area contributed by atoms with Gasteiger partial charge in [-0.15, -0.1) is 0 Å². The maximum absolute atomic E-state index is 6.31. The highest BCUT2D eigenvalue weighted by molar-refractivity contribution is 6.30. The van der Waals surface area contributed by atoms with E-state index in [4.69, 9.17) is 22.1 Å². The molecule has 0 spiro atoms. The molecule has 3 heteroatoms. The van der Waals surface area contributed by atoms with Gasteiger partial charge >= 0.3 is 0 Å². The van der Waals surface area contributed by atoms with Crippen LogP contribution in [0.4, 0.5) is 0 Å². The summed E-state index contributed by atoms with van der Waals surface area (Å²) >= 11 is 5.87. The van der Waals surface area contributed by atoms with Gasteiger partial charge in [-0.2, -0.15) is 0 Å². The monoisotopic (exact) mass is 237 g/mol. The van der Waals surface area contributed by atoms with Crippen LogP contribution in [0.5, 0.6) is 0 Å². The summed E-state index contributed by atoms with van der Waals surface area (Å²) in [4.78, 5) is 0. The van der Waals surface area contributed by atoms with Crippen molar-refractivity contribution in [2.24, 2.45) is 11.7 Å². The van der Waals surface area contributed by atoms with E-state index in [0.29, 0.717) is 18.1 Å². The van der Waals surface area contributed by atoms with Crippen molar-refractivity contribution in [1.29, 1.82) is 0 Å². The van der Waals surface area contributed by atoms with Gasteiger partial charge in [0.1, 0.15) is 0 Å². The van der Waals surface area contributed by atoms with Gasteiger partial charge in [-0.25, -0.2) is 0 Å². The number of ether oxygens (including phenoxy) is 1. The van der Waals surface area contributed by atoms with Gasteiger partial charge in [0.15, 0.2) is 0 Å². The van der Waals surface area contributed by atoms with Crippen LogP contribution in [0, 0.1) is 5.92 Å². The minimum atomic E-state index is 0.0903. The summed E-state index contributed by atoms with van der Waals surface area (Å²) in [6, 6.07) is 7.96. The Morgan fingerprint density at radius 3 is 2.56 bits per heavy atom. The first-order chi connectivity index (χ1) is 7.74. The molecule has 4 unspecified atom stereocenters. The molecule has 0 saturated carbocycles. The second-order valence-corrected chi connectivity index (χ2v) is 5.29. The number of fused-ring (bicyclic) bond motifs is 2. The van der Waals surface area contributed by atoms with Crippen molar-refractivity contribution in [3.63, 3.8) is 0 Å². The predicted molar refractivity (Wildman–Crippen MR) is 64.4 cm³/mol. The van der Waals surface area contributed by atoms with Crippen LogP contribution in [-0.2, 0) is 4.74 Å². The van der Waals surface area contributed by atoms with E-state index >= 15 is 0 Å². The first-order valence-electron chi connectivity index (χ1n) is 5.90. The SMILES string of the molecule is NC(c1ccc(Cl)cc1)C1CC2CCC1O2. The first kappa shape index (κ1) is 10.6. The molecule has 86 valence electrons. The van der Waals surface area contributed by atoms with E-state index in [2.05, 4.69) is 0 Å². The number of nitrogens with two attached hydrogens (primary N) is 1. The lowest BCUT2D eigenvalue weighted by Crippen LogP contribution is -2.29. The molecule has 0 amide bonds. The molecule has 16 heavy (non-hydrogen) atoms. The molecule has 0 radical (unpaired) electrons. The topological polar surface area (TPSA) is 35.2 Å². The first-order valence-corrected chi connectivity index (χ1v) is 6.28. The zero-order valence-corrected chi connectivity index (χ0v) is 9.86. The molecule has 4 atom stereocenters. The van der Waals surface area contributed by atoms with Crippen molar-refractivity contribution in [1.82, 2.24) is 0 Å². The van der Waals surface area contributed by atoms with Crippen LogP contribution in [-0.4, -0.2) is 12.2 Å². The lowest BCUT2D eigenvalue weighted by molar-refractivity contribution is 0.0885. The zero-order chi connectivity index (χ0) is 11.1. The largest absolute Gasteiger partial charge is 0.375 e. The van der Waals surface area contributed by atoms with Gasteiger partial charge in [0.25, 0.3) is 0 Å². The summed E-state index contributed by atoms with van der Waals surface area (Å²) in [6.07, 6.45) is 4.36. The van der Waals surface area contributed by atoms with Gasteiger partial charge < -0.3 is 10.5 Å². The van der Waals surface area contributed by atoms with Gasteiger partial charge in [-0.1, -0.05) is 23.7 Å². The van der Waals surface area contributed by atoms with Crippen LogP contribution < -0.4 is 5.73 Å². The molecule has 2 heterocycles. The van der Waals surface area contributed by atoms with E-state index in [0.717, 1.165) is 11.4 Å². The number of halogens is 1. The van der Waals surface area contributed by atoms with E-state index in [1.54, 1.807) is 0 Å². The normalized spacial score (nSPS) is 34.2. The fourth-order valence-corrected chi connectivity index (χ4v) is 3.11. The molecule has 2 nitrogen and oxygen atoms in total. The molecule has 1 aromatic carbocycles. The highest BCUT2D eigenvalue weighted by atomic mass is 35.5. The number of benzene rings is 1. The van der Waals surface area contributed by atoms with E-state index in [1.165, 1.54) is 18.4 Å². The molecule has 2 bridgehead atoms. The molecule has 0 aliphatic carbocycles. The molecular weight excluding hydrogens is 222 g/mol. The third kappa shape index (κ3) is 1.75. The van der Waals surface area contributed by atoms with E-state index in [-0.39, 0.29) is 6.04 Å². The average Bonchev–Trinajstić information content (AvgIpc) is 2.91. The molecular formula is C13H16ClNO. The molecule has 2 aliphatic rings. The Kier molecular flexibility index (Phi) is 2.66. The number of hydrogen-bond acceptors (Lipinski definition) is 2. The Bertz CT molecular complexity index is 378. The van der Waals surface area contributed by atoms with Crippen molar-refractivity contribution >= 4 is 11.6 Å². The second kappa shape index (κ2) is 4.02. The quantitative estimate of drug-likeness (QED) is 0.859. The van der Waals surface area contributed by atoms with E-state index in [1.807, 2.05) is 24.3 Å². The Hall–Kier alpha value is -0.570. The summed E-state index contributed by atoms with van der Waals surface area (Å²) in [5, 5.41) is 0.764. The maximum Gasteiger partial charge on any atom is 0.0627 e. The highest BCUT2D eigenvalue weighted by Crippen LogP contribution is 2.43. The molecule has 2 saturated heterocycles. The standard InChI is InChI=1S/C13H16ClNO/c14-9-3-1-8(2-4-9)13(15)11-7-10-5-6-12(11)16-10/h1-4,10-13H,5-7,15H2. The smallest absolute Gasteiger partial charge is 0.0627 e. The van der Waals surface area contributed by atoms with Crippen molar-refractivity contribution in [2.45, 2.75) is 37.5 Å². The van der Waals surface area contributed by atoms with Gasteiger partial charge in [-0.05, 0) is 37.0 Å². The fraction of sp³-hybridized carbons (Fsp3) is 0.538. The summed E-state index contributed by atoms with van der Waals surface area (Å²) < 4.78 is 5.85. The average molecular weight is 238 g/mol. The second-order valence-electron chi connectivity index (χ2n) is 4.85. The number of rotatable bonds is 2. The Balaban J connectivity index is 1.77. The Labute approximate surface area is 101 Å². The third-order valence-electron chi connectivity index (χ3n) is 3.87. The van der Waals surface area contributed by atoms with Crippen LogP contribution >= 0.6 is 11.6 Å². The maximum atomic E-state index is 6.31. The molecule has 2 N–H and O–H groups in total. The molecule has 2 fully saturated rings. The van der Waals surface area contributed by atoms with Gasteiger partial charge in [-0.3, -0.25) is 0 Å². The minimum Gasteiger partial charge on any atom is -0.375 e. The van der Waals surface area contributed by atoms with Crippen LogP contribution in [0.15, 0.2) is 24.3 Å². The van der Waals surface area contributed by atoms with Crippen LogP contribution in [0.25, 0.3) is 0 Å². The highest BCUT2D eigenvalue weighted by Gasteiger charge is 2.43. The van der Waals surface area contributed by atoms with Gasteiger partial charge in [0.05, 0.1) is 12.2 Å². The molecule has 0 aromatic heterocycles. The number of hydrogen-bond donors (Lipinski definition) is 1. The summed E-state index contributed by atoms with van der Waals surface area (Å²) in [6.45, 7) is 0. The van der Waals surface area contributed by atoms with E-state index < -0.39 is 0 Å². The summed E-state index contributed by atoms with van der Waals surface area (Å²) in [7, 11) is 0. The third-order valence-corrected chi connectivity index (χ3v) is 4.12. The van der Waals surface area contributed by atoms with Crippen molar-refractivity contribution < 1.29 is 4.74 Å². The lowest BCUT2D eigenvalue weighted by Gasteiger charge is -2.25. The summed E-state index contributed by atoms with van der Waals surface area (Å²) in [5.41, 5.74) is 7.49. The fourth-order valence-electron chi connectivity index (χ4n) is 2.99. The van der Waals surface area contributed by atoms with Crippen molar-refractivity contribution in [3.05, 3.63) is 34.9 Å². The Morgan fingerprint density at radius 1 is 1.25 bits per heavy atom. The van der Waals surface area contributed by atoms with Crippen molar-refractivity contribution in [2.75, 3.05) is 0 Å². The zero-order valence-electron chi connectivity index (χ0n) is 9.10. The van der Waals surface area contributed by atoms with Crippen molar-refractivity contribution in [3.8, 4) is 0 Å². The van der Waals surface area contributed by atoms with Crippen LogP contribution in [0.1, 0.15) is 30.9 Å². The molecule has 2 aliphatic heterocycles. The van der Waals surface area contributed by atoms with E-state index in [9.17, 15) is 0 Å². The minimum absolute atomic E-state index is 0.0903. The van der Waals surface area contributed by atoms with Gasteiger partial charge in [0.2, 0.25) is 0 Å². The van der Waals surface area contributed by atoms with Crippen LogP contribution in [0.2, 0.25) is 5.02 Å². The predicted octanol–water partition coefficient (Wildman–Crippen LogP) is 2.91. The molecule has 3 rings (SSSR count). The Morgan fingerprint density at radius 2 is 2.00 bits per heavy atom. The van der Waals surface area contributed by atoms with Crippen LogP contribution in [0.3, 0.4) is 0 Å². The lowest BCUT2D eigenvalue weighted by atomic mass is 9.81. The molecule has 1 aromatic rings. The van der Waals surface area contributed by atoms with Gasteiger partial charge in [0, 0.05) is 17.0 Å². The summed E-state index contributed by atoms with van der Waals surface area (Å²) in [5.74, 6) is 0.486.